The van der Waals surface area contributed by atoms with Gasteiger partial charge in [-0.1, -0.05) is 38.2 Å². The number of carboxylic acids is 1. The highest BCUT2D eigenvalue weighted by Gasteiger charge is 2.32. The molecule has 0 aromatic rings. The van der Waals surface area contributed by atoms with Gasteiger partial charge in [0, 0.05) is 5.92 Å². The Morgan fingerprint density at radius 2 is 2.00 bits per heavy atom. The molecular formula is C11H14O3. The highest BCUT2D eigenvalue weighted by molar-refractivity contribution is 5.97. The number of Topliss-reactive ketones (excluding diaryl/α,β-unsaturated/α-hetero) is 1. The number of carbonyl (C=O) groups excluding carboxylic acids is 1. The van der Waals surface area contributed by atoms with Crippen molar-refractivity contribution in [1.82, 2.24) is 0 Å². The van der Waals surface area contributed by atoms with Gasteiger partial charge in [0.05, 0.1) is 0 Å². The lowest BCUT2D eigenvalue weighted by Crippen LogP contribution is -2.30. The van der Waals surface area contributed by atoms with E-state index in [4.69, 9.17) is 5.11 Å². The molecule has 0 aromatic carbocycles. The summed E-state index contributed by atoms with van der Waals surface area (Å²) in [6.07, 6.45) is 6.97. The fraction of sp³-hybridized carbons (Fsp3) is 0.455. The molecule has 0 spiro atoms. The Labute approximate surface area is 83.1 Å². The van der Waals surface area contributed by atoms with E-state index in [9.17, 15) is 9.59 Å². The van der Waals surface area contributed by atoms with Crippen molar-refractivity contribution >= 4 is 11.8 Å². The summed E-state index contributed by atoms with van der Waals surface area (Å²) in [5.74, 6) is -1.61. The Kier molecular flexibility index (Phi) is 2.89. The van der Waals surface area contributed by atoms with Gasteiger partial charge in [0.15, 0.2) is 5.78 Å². The van der Waals surface area contributed by atoms with E-state index in [-0.39, 0.29) is 17.1 Å². The van der Waals surface area contributed by atoms with Crippen LogP contribution in [0.4, 0.5) is 0 Å². The highest BCUT2D eigenvalue weighted by Crippen LogP contribution is 2.33. The van der Waals surface area contributed by atoms with Crippen LogP contribution in [0.5, 0.6) is 0 Å². The van der Waals surface area contributed by atoms with Gasteiger partial charge in [0.1, 0.15) is 6.42 Å². The molecular weight excluding hydrogens is 180 g/mol. The monoisotopic (exact) mass is 194 g/mol. The van der Waals surface area contributed by atoms with Crippen LogP contribution in [0, 0.1) is 11.3 Å². The minimum absolute atomic E-state index is 0.233. The van der Waals surface area contributed by atoms with E-state index in [1.807, 2.05) is 26.0 Å². The molecule has 1 N–H and O–H groups in total. The molecule has 1 rings (SSSR count). The lowest BCUT2D eigenvalue weighted by atomic mass is 9.73. The number of rotatable bonds is 3. The maximum absolute atomic E-state index is 11.6. The van der Waals surface area contributed by atoms with Crippen LogP contribution in [0.3, 0.4) is 0 Å². The third-order valence-electron chi connectivity index (χ3n) is 2.41. The number of hydrogen-bond acceptors (Lipinski definition) is 2. The van der Waals surface area contributed by atoms with Gasteiger partial charge in [-0.05, 0) is 5.41 Å². The standard InChI is InChI=1S/C11H14O3/c1-11(2)6-4-3-5-8(11)9(12)7-10(13)14/h3-6,8H,7H2,1-2H3,(H,13,14). The van der Waals surface area contributed by atoms with Gasteiger partial charge in [-0.15, -0.1) is 0 Å². The molecule has 0 heterocycles. The third kappa shape index (κ3) is 2.31. The lowest BCUT2D eigenvalue weighted by molar-refractivity contribution is -0.141. The molecule has 1 aliphatic rings. The molecule has 0 bridgehead atoms. The SMILES string of the molecule is CC1(C)C=CC=CC1C(=O)CC(=O)O. The molecule has 0 radical (unpaired) electrons. The molecule has 1 unspecified atom stereocenters. The van der Waals surface area contributed by atoms with Crippen molar-refractivity contribution in [2.75, 3.05) is 0 Å². The molecule has 76 valence electrons. The quantitative estimate of drug-likeness (QED) is 0.697. The zero-order chi connectivity index (χ0) is 10.8. The van der Waals surface area contributed by atoms with Crippen molar-refractivity contribution < 1.29 is 14.7 Å². The summed E-state index contributed by atoms with van der Waals surface area (Å²) in [7, 11) is 0. The van der Waals surface area contributed by atoms with Crippen molar-refractivity contribution in [3.63, 3.8) is 0 Å². The van der Waals surface area contributed by atoms with E-state index in [1.54, 1.807) is 12.2 Å². The Morgan fingerprint density at radius 1 is 1.36 bits per heavy atom. The van der Waals surface area contributed by atoms with Crippen molar-refractivity contribution in [3.05, 3.63) is 24.3 Å². The van der Waals surface area contributed by atoms with Gasteiger partial charge in [0.2, 0.25) is 0 Å². The minimum atomic E-state index is -1.06. The Hall–Kier alpha value is -1.38. The first kappa shape index (κ1) is 10.7. The zero-order valence-corrected chi connectivity index (χ0v) is 8.36. The van der Waals surface area contributed by atoms with Crippen LogP contribution in [0.15, 0.2) is 24.3 Å². The van der Waals surface area contributed by atoms with Crippen LogP contribution in [0.25, 0.3) is 0 Å². The second kappa shape index (κ2) is 3.78. The summed E-state index contributed by atoms with van der Waals surface area (Å²) < 4.78 is 0. The summed E-state index contributed by atoms with van der Waals surface area (Å²) in [4.78, 5) is 22.0. The molecule has 0 amide bonds. The van der Waals surface area contributed by atoms with Crippen LogP contribution in [-0.4, -0.2) is 16.9 Å². The van der Waals surface area contributed by atoms with Gasteiger partial charge >= 0.3 is 5.97 Å². The number of hydrogen-bond donors (Lipinski definition) is 1. The first-order valence-electron chi connectivity index (χ1n) is 4.54. The molecule has 14 heavy (non-hydrogen) atoms. The van der Waals surface area contributed by atoms with Gasteiger partial charge in [-0.2, -0.15) is 0 Å². The average molecular weight is 194 g/mol. The minimum Gasteiger partial charge on any atom is -0.481 e. The van der Waals surface area contributed by atoms with Crippen molar-refractivity contribution in [1.29, 1.82) is 0 Å². The number of aliphatic carboxylic acids is 1. The topological polar surface area (TPSA) is 54.4 Å². The van der Waals surface area contributed by atoms with Crippen molar-refractivity contribution in [2.45, 2.75) is 20.3 Å². The van der Waals surface area contributed by atoms with Crippen LogP contribution in [-0.2, 0) is 9.59 Å². The Morgan fingerprint density at radius 3 is 2.50 bits per heavy atom. The Balaban J connectivity index is 2.77. The summed E-state index contributed by atoms with van der Waals surface area (Å²) in [6.45, 7) is 3.86. The summed E-state index contributed by atoms with van der Waals surface area (Å²) in [5.41, 5.74) is -0.277. The molecule has 3 heteroatoms. The number of carbonyl (C=O) groups is 2. The van der Waals surface area contributed by atoms with E-state index in [2.05, 4.69) is 0 Å². The first-order valence-corrected chi connectivity index (χ1v) is 4.54. The molecule has 0 saturated heterocycles. The van der Waals surface area contributed by atoms with E-state index < -0.39 is 12.4 Å². The van der Waals surface area contributed by atoms with Crippen molar-refractivity contribution in [2.24, 2.45) is 11.3 Å². The van der Waals surface area contributed by atoms with Crippen LogP contribution < -0.4 is 0 Å². The normalized spacial score (nSPS) is 23.4. The number of carboxylic acid groups (broad SMARTS) is 1. The van der Waals surface area contributed by atoms with E-state index in [1.165, 1.54) is 0 Å². The third-order valence-corrected chi connectivity index (χ3v) is 2.41. The summed E-state index contributed by atoms with van der Waals surface area (Å²) in [5, 5.41) is 8.52. The molecule has 3 nitrogen and oxygen atoms in total. The van der Waals surface area contributed by atoms with Crippen molar-refractivity contribution in [3.8, 4) is 0 Å². The van der Waals surface area contributed by atoms with E-state index >= 15 is 0 Å². The maximum Gasteiger partial charge on any atom is 0.310 e. The summed E-state index contributed by atoms with van der Waals surface area (Å²) >= 11 is 0. The van der Waals surface area contributed by atoms with Gasteiger partial charge in [-0.3, -0.25) is 9.59 Å². The molecule has 0 fully saturated rings. The van der Waals surface area contributed by atoms with Gasteiger partial charge < -0.3 is 5.11 Å². The zero-order valence-electron chi connectivity index (χ0n) is 8.36. The average Bonchev–Trinajstić information content (AvgIpc) is 2.01. The molecule has 0 aromatic heterocycles. The highest BCUT2D eigenvalue weighted by atomic mass is 16.4. The molecule has 1 atom stereocenters. The maximum atomic E-state index is 11.6. The first-order chi connectivity index (χ1) is 6.43. The molecule has 0 aliphatic heterocycles. The van der Waals surface area contributed by atoms with E-state index in [0.717, 1.165) is 0 Å². The van der Waals surface area contributed by atoms with E-state index in [0.29, 0.717) is 0 Å². The fourth-order valence-electron chi connectivity index (χ4n) is 1.61. The molecule has 0 saturated carbocycles. The van der Waals surface area contributed by atoms with Gasteiger partial charge in [-0.25, -0.2) is 0 Å². The van der Waals surface area contributed by atoms with Gasteiger partial charge in [0.25, 0.3) is 0 Å². The predicted octanol–water partition coefficient (Wildman–Crippen LogP) is 1.80. The van der Waals surface area contributed by atoms with Crippen LogP contribution >= 0.6 is 0 Å². The second-order valence-corrected chi connectivity index (χ2v) is 4.08. The predicted molar refractivity (Wildman–Crippen MR) is 52.8 cm³/mol. The fourth-order valence-corrected chi connectivity index (χ4v) is 1.61. The largest absolute Gasteiger partial charge is 0.481 e. The van der Waals surface area contributed by atoms with Crippen LogP contribution in [0.2, 0.25) is 0 Å². The smallest absolute Gasteiger partial charge is 0.310 e. The van der Waals surface area contributed by atoms with Crippen LogP contribution in [0.1, 0.15) is 20.3 Å². The molecule has 1 aliphatic carbocycles. The number of allylic oxidation sites excluding steroid dienone is 4. The second-order valence-electron chi connectivity index (χ2n) is 4.08. The number of ketones is 1. The summed E-state index contributed by atoms with van der Waals surface area (Å²) in [6, 6.07) is 0. The Bertz CT molecular complexity index is 310. The lowest BCUT2D eigenvalue weighted by Gasteiger charge is -2.29.